The highest BCUT2D eigenvalue weighted by Gasteiger charge is 2.33. The van der Waals surface area contributed by atoms with Gasteiger partial charge >= 0.3 is 0 Å². The summed E-state index contributed by atoms with van der Waals surface area (Å²) >= 11 is 0. The van der Waals surface area contributed by atoms with Crippen LogP contribution in [0.1, 0.15) is 37.0 Å². The SMILES string of the molecule is CC(C)(CCc1ccc(F)cc1)N1Cc2cc3c(cc2C1)OCO3. The summed E-state index contributed by atoms with van der Waals surface area (Å²) in [5.41, 5.74) is 3.91. The molecule has 0 spiro atoms. The Morgan fingerprint density at radius 1 is 1.00 bits per heavy atom. The van der Waals surface area contributed by atoms with Gasteiger partial charge < -0.3 is 9.47 Å². The smallest absolute Gasteiger partial charge is 0.231 e. The molecular weight excluding hydrogens is 305 g/mol. The van der Waals surface area contributed by atoms with Crippen molar-refractivity contribution in [2.24, 2.45) is 0 Å². The van der Waals surface area contributed by atoms with Crippen LogP contribution >= 0.6 is 0 Å². The van der Waals surface area contributed by atoms with Crippen LogP contribution in [0.5, 0.6) is 11.5 Å². The number of nitrogens with zero attached hydrogens (tertiary/aromatic N) is 1. The van der Waals surface area contributed by atoms with Gasteiger partial charge in [-0.3, -0.25) is 4.90 Å². The van der Waals surface area contributed by atoms with Gasteiger partial charge in [-0.25, -0.2) is 4.39 Å². The first-order chi connectivity index (χ1) is 11.5. The van der Waals surface area contributed by atoms with Crippen LogP contribution in [0, 0.1) is 5.82 Å². The number of halogens is 1. The van der Waals surface area contributed by atoms with Crippen LogP contribution in [0.15, 0.2) is 36.4 Å². The van der Waals surface area contributed by atoms with Crippen molar-refractivity contribution in [3.63, 3.8) is 0 Å². The van der Waals surface area contributed by atoms with Crippen LogP contribution in [-0.2, 0) is 19.5 Å². The Morgan fingerprint density at radius 2 is 1.58 bits per heavy atom. The molecule has 2 aliphatic heterocycles. The monoisotopic (exact) mass is 327 g/mol. The van der Waals surface area contributed by atoms with Gasteiger partial charge in [-0.05, 0) is 67.6 Å². The van der Waals surface area contributed by atoms with Gasteiger partial charge in [0, 0.05) is 18.6 Å². The lowest BCUT2D eigenvalue weighted by atomic mass is 9.93. The second-order valence-corrected chi connectivity index (χ2v) is 7.27. The van der Waals surface area contributed by atoms with E-state index in [1.54, 1.807) is 0 Å². The number of hydrogen-bond acceptors (Lipinski definition) is 3. The summed E-state index contributed by atoms with van der Waals surface area (Å²) in [6.45, 7) is 6.75. The summed E-state index contributed by atoms with van der Waals surface area (Å²) in [5.74, 6) is 1.55. The van der Waals surface area contributed by atoms with Crippen LogP contribution in [-0.4, -0.2) is 17.2 Å². The lowest BCUT2D eigenvalue weighted by Crippen LogP contribution is -2.40. The molecule has 0 amide bonds. The third kappa shape index (κ3) is 2.86. The Hall–Kier alpha value is -2.07. The van der Waals surface area contributed by atoms with Crippen molar-refractivity contribution >= 4 is 0 Å². The van der Waals surface area contributed by atoms with Crippen molar-refractivity contribution in [3.8, 4) is 11.5 Å². The molecular formula is C20H22FNO2. The first-order valence-electron chi connectivity index (χ1n) is 8.42. The number of rotatable bonds is 4. The molecule has 2 aromatic rings. The topological polar surface area (TPSA) is 21.7 Å². The molecule has 24 heavy (non-hydrogen) atoms. The molecule has 0 atom stereocenters. The van der Waals surface area contributed by atoms with Gasteiger partial charge in [-0.2, -0.15) is 0 Å². The van der Waals surface area contributed by atoms with Crippen LogP contribution in [0.3, 0.4) is 0 Å². The van der Waals surface area contributed by atoms with Crippen molar-refractivity contribution in [2.75, 3.05) is 6.79 Å². The van der Waals surface area contributed by atoms with E-state index in [9.17, 15) is 4.39 Å². The van der Waals surface area contributed by atoms with Crippen LogP contribution in [0.25, 0.3) is 0 Å². The minimum absolute atomic E-state index is 0.0690. The van der Waals surface area contributed by atoms with Crippen LogP contribution in [0.2, 0.25) is 0 Å². The third-order valence-electron chi connectivity index (χ3n) is 5.21. The fourth-order valence-corrected chi connectivity index (χ4v) is 3.48. The predicted octanol–water partition coefficient (Wildman–Crippen LogP) is 4.28. The second kappa shape index (κ2) is 5.78. The fourth-order valence-electron chi connectivity index (χ4n) is 3.48. The predicted molar refractivity (Wildman–Crippen MR) is 90.6 cm³/mol. The largest absolute Gasteiger partial charge is 0.454 e. The minimum Gasteiger partial charge on any atom is -0.454 e. The van der Waals surface area contributed by atoms with Crippen molar-refractivity contribution in [2.45, 2.75) is 45.3 Å². The zero-order valence-corrected chi connectivity index (χ0v) is 14.1. The van der Waals surface area contributed by atoms with E-state index < -0.39 is 0 Å². The molecule has 0 unspecified atom stereocenters. The van der Waals surface area contributed by atoms with Gasteiger partial charge in [-0.1, -0.05) is 12.1 Å². The van der Waals surface area contributed by atoms with Gasteiger partial charge in [0.25, 0.3) is 0 Å². The molecule has 3 nitrogen and oxygen atoms in total. The Bertz CT molecular complexity index is 722. The molecule has 126 valence electrons. The number of benzene rings is 2. The Balaban J connectivity index is 1.44. The average molecular weight is 327 g/mol. The minimum atomic E-state index is -0.175. The fraction of sp³-hybridized carbons (Fsp3) is 0.400. The Labute approximate surface area is 142 Å². The number of fused-ring (bicyclic) bond motifs is 2. The molecule has 0 aliphatic carbocycles. The maximum atomic E-state index is 13.0. The van der Waals surface area contributed by atoms with Gasteiger partial charge in [-0.15, -0.1) is 0 Å². The average Bonchev–Trinajstić information content (AvgIpc) is 3.18. The highest BCUT2D eigenvalue weighted by molar-refractivity contribution is 5.50. The number of ether oxygens (including phenoxy) is 2. The molecule has 0 N–H and O–H groups in total. The number of hydrogen-bond donors (Lipinski definition) is 0. The van der Waals surface area contributed by atoms with E-state index in [4.69, 9.17) is 9.47 Å². The highest BCUT2D eigenvalue weighted by Crippen LogP contribution is 2.40. The van der Waals surface area contributed by atoms with Gasteiger partial charge in [0.1, 0.15) is 5.82 Å². The molecule has 0 saturated carbocycles. The van der Waals surface area contributed by atoms with Gasteiger partial charge in [0.15, 0.2) is 11.5 Å². The third-order valence-corrected chi connectivity index (χ3v) is 5.21. The summed E-state index contributed by atoms with van der Waals surface area (Å²) in [7, 11) is 0. The molecule has 4 rings (SSSR count). The van der Waals surface area contributed by atoms with E-state index >= 15 is 0 Å². The van der Waals surface area contributed by atoms with Crippen LogP contribution in [0.4, 0.5) is 4.39 Å². The van der Waals surface area contributed by atoms with Gasteiger partial charge in [0.05, 0.1) is 0 Å². The molecule has 0 aromatic heterocycles. The van der Waals surface area contributed by atoms with Crippen molar-refractivity contribution in [1.82, 2.24) is 4.90 Å². The maximum Gasteiger partial charge on any atom is 0.231 e. The van der Waals surface area contributed by atoms with E-state index in [1.165, 1.54) is 28.8 Å². The van der Waals surface area contributed by atoms with E-state index in [-0.39, 0.29) is 11.4 Å². The zero-order chi connectivity index (χ0) is 16.7. The van der Waals surface area contributed by atoms with E-state index in [0.29, 0.717) is 6.79 Å². The summed E-state index contributed by atoms with van der Waals surface area (Å²) in [5, 5.41) is 0. The zero-order valence-electron chi connectivity index (χ0n) is 14.1. The van der Waals surface area contributed by atoms with Crippen molar-refractivity contribution in [3.05, 3.63) is 58.9 Å². The molecule has 0 fully saturated rings. The summed E-state index contributed by atoms with van der Waals surface area (Å²) in [6.07, 6.45) is 1.97. The van der Waals surface area contributed by atoms with Crippen LogP contribution < -0.4 is 9.47 Å². The highest BCUT2D eigenvalue weighted by atomic mass is 19.1. The quantitative estimate of drug-likeness (QED) is 0.836. The van der Waals surface area contributed by atoms with Crippen molar-refractivity contribution < 1.29 is 13.9 Å². The second-order valence-electron chi connectivity index (χ2n) is 7.27. The Morgan fingerprint density at radius 3 is 2.17 bits per heavy atom. The standard InChI is InChI=1S/C20H22FNO2/c1-20(2,8-7-14-3-5-17(21)6-4-14)22-11-15-9-18-19(24-13-23-18)10-16(15)12-22/h3-6,9-10H,7-8,11-13H2,1-2H3. The van der Waals surface area contributed by atoms with E-state index in [0.717, 1.165) is 37.4 Å². The lowest BCUT2D eigenvalue weighted by Gasteiger charge is -2.35. The molecule has 4 heteroatoms. The van der Waals surface area contributed by atoms with E-state index in [2.05, 4.69) is 30.9 Å². The molecule has 0 bridgehead atoms. The molecule has 0 radical (unpaired) electrons. The lowest BCUT2D eigenvalue weighted by molar-refractivity contribution is 0.109. The molecule has 2 aromatic carbocycles. The molecule has 0 saturated heterocycles. The van der Waals surface area contributed by atoms with Crippen molar-refractivity contribution in [1.29, 1.82) is 0 Å². The Kier molecular flexibility index (Phi) is 3.72. The maximum absolute atomic E-state index is 13.0. The normalized spacial score (nSPS) is 16.5. The summed E-state index contributed by atoms with van der Waals surface area (Å²) < 4.78 is 24.0. The number of aryl methyl sites for hydroxylation is 1. The summed E-state index contributed by atoms with van der Waals surface area (Å²) in [4.78, 5) is 2.50. The van der Waals surface area contributed by atoms with E-state index in [1.807, 2.05) is 12.1 Å². The molecule has 2 aliphatic rings. The molecule has 2 heterocycles. The van der Waals surface area contributed by atoms with Gasteiger partial charge in [0.2, 0.25) is 6.79 Å². The first kappa shape index (κ1) is 15.5. The summed E-state index contributed by atoms with van der Waals surface area (Å²) in [6, 6.07) is 11.1. The first-order valence-corrected chi connectivity index (χ1v) is 8.42.